The number of carbonyl (C=O) groups is 2. The Labute approximate surface area is 169 Å². The van der Waals surface area contributed by atoms with E-state index in [-0.39, 0.29) is 23.4 Å². The maximum absolute atomic E-state index is 12.7. The lowest BCUT2D eigenvalue weighted by molar-refractivity contribution is 0.0963. The van der Waals surface area contributed by atoms with Crippen LogP contribution >= 0.6 is 0 Å². The molecule has 0 spiro atoms. The van der Waals surface area contributed by atoms with Gasteiger partial charge in [-0.25, -0.2) is 0 Å². The number of hydrogen-bond donors (Lipinski definition) is 1. The molecule has 1 aliphatic rings. The molecule has 0 aliphatic heterocycles. The van der Waals surface area contributed by atoms with Crippen LogP contribution in [0.15, 0.2) is 59.0 Å². The zero-order valence-corrected chi connectivity index (χ0v) is 16.1. The monoisotopic (exact) mass is 384 g/mol. The minimum absolute atomic E-state index is 0.0411. The summed E-state index contributed by atoms with van der Waals surface area (Å²) in [5, 5.41) is 12.4. The first-order valence-electron chi connectivity index (χ1n) is 9.60. The van der Waals surface area contributed by atoms with E-state index in [1.807, 2.05) is 42.5 Å². The summed E-state index contributed by atoms with van der Waals surface area (Å²) in [5.41, 5.74) is 3.55. The number of hydrogen-bond acceptors (Lipinski definition) is 4. The second kappa shape index (κ2) is 7.76. The average Bonchev–Trinajstić information content (AvgIpc) is 3.08. The van der Waals surface area contributed by atoms with E-state index in [1.54, 1.807) is 19.1 Å². The van der Waals surface area contributed by atoms with Crippen molar-refractivity contribution in [2.45, 2.75) is 32.1 Å². The van der Waals surface area contributed by atoms with Gasteiger partial charge in [-0.1, -0.05) is 42.5 Å². The Bertz CT molecular complexity index is 1110. The molecule has 1 aliphatic carbocycles. The minimum Gasteiger partial charge on any atom is -0.455 e. The molecule has 5 nitrogen and oxygen atoms in total. The third kappa shape index (κ3) is 3.57. The summed E-state index contributed by atoms with van der Waals surface area (Å²) in [5.74, 6) is 0.0928. The number of nitriles is 1. The highest BCUT2D eigenvalue weighted by atomic mass is 16.4. The SMILES string of the molecule is Cc1c(C(=O)Nc2ccc([C@@H](C#N)c3ccccc3)cc2)oc2c1C(=O)CCC2. The van der Waals surface area contributed by atoms with E-state index in [2.05, 4.69) is 11.4 Å². The van der Waals surface area contributed by atoms with Crippen molar-refractivity contribution in [2.24, 2.45) is 0 Å². The van der Waals surface area contributed by atoms with Crippen molar-refractivity contribution in [1.82, 2.24) is 0 Å². The number of fused-ring (bicyclic) bond motifs is 1. The molecule has 29 heavy (non-hydrogen) atoms. The lowest BCUT2D eigenvalue weighted by Crippen LogP contribution is -2.13. The average molecular weight is 384 g/mol. The predicted octanol–water partition coefficient (Wildman–Crippen LogP) is 5.01. The Morgan fingerprint density at radius 1 is 1.07 bits per heavy atom. The molecule has 1 amide bonds. The van der Waals surface area contributed by atoms with Gasteiger partial charge in [0, 0.05) is 24.1 Å². The number of carbonyl (C=O) groups excluding carboxylic acids is 2. The van der Waals surface area contributed by atoms with Crippen LogP contribution in [-0.4, -0.2) is 11.7 Å². The van der Waals surface area contributed by atoms with Crippen LogP contribution in [0.4, 0.5) is 5.69 Å². The molecule has 1 N–H and O–H groups in total. The smallest absolute Gasteiger partial charge is 0.291 e. The van der Waals surface area contributed by atoms with Crippen molar-refractivity contribution in [2.75, 3.05) is 5.32 Å². The number of amides is 1. The quantitative estimate of drug-likeness (QED) is 0.685. The Morgan fingerprint density at radius 3 is 2.41 bits per heavy atom. The number of aryl methyl sites for hydroxylation is 1. The Kier molecular flexibility index (Phi) is 5.01. The van der Waals surface area contributed by atoms with Crippen molar-refractivity contribution in [3.63, 3.8) is 0 Å². The first-order valence-corrected chi connectivity index (χ1v) is 9.60. The third-order valence-corrected chi connectivity index (χ3v) is 5.28. The molecule has 4 rings (SSSR count). The molecule has 1 aromatic heterocycles. The molecule has 144 valence electrons. The molecule has 0 saturated heterocycles. The van der Waals surface area contributed by atoms with Crippen molar-refractivity contribution in [3.8, 4) is 6.07 Å². The third-order valence-electron chi connectivity index (χ3n) is 5.28. The van der Waals surface area contributed by atoms with Crippen molar-refractivity contribution in [3.05, 3.63) is 88.4 Å². The van der Waals surface area contributed by atoms with Crippen LogP contribution in [0.1, 0.15) is 62.1 Å². The fraction of sp³-hybridized carbons (Fsp3) is 0.208. The number of anilines is 1. The summed E-state index contributed by atoms with van der Waals surface area (Å²) >= 11 is 0. The molecule has 0 bridgehead atoms. The number of nitrogens with zero attached hydrogens (tertiary/aromatic N) is 1. The summed E-state index contributed by atoms with van der Waals surface area (Å²) in [4.78, 5) is 24.8. The number of benzene rings is 2. The molecule has 0 radical (unpaired) electrons. The lowest BCUT2D eigenvalue weighted by atomic mass is 9.92. The molecule has 0 fully saturated rings. The first-order chi connectivity index (χ1) is 14.1. The maximum Gasteiger partial charge on any atom is 0.291 e. The van der Waals surface area contributed by atoms with Crippen LogP contribution in [0.2, 0.25) is 0 Å². The van der Waals surface area contributed by atoms with Gasteiger partial charge in [0.25, 0.3) is 5.91 Å². The molecule has 2 aromatic carbocycles. The van der Waals surface area contributed by atoms with Gasteiger partial charge in [-0.15, -0.1) is 0 Å². The van der Waals surface area contributed by atoms with E-state index in [1.165, 1.54) is 0 Å². The zero-order valence-electron chi connectivity index (χ0n) is 16.1. The van der Waals surface area contributed by atoms with Gasteiger partial charge < -0.3 is 9.73 Å². The number of nitrogens with one attached hydrogen (secondary N) is 1. The van der Waals surface area contributed by atoms with Gasteiger partial charge in [0.05, 0.1) is 17.6 Å². The van der Waals surface area contributed by atoms with E-state index >= 15 is 0 Å². The Morgan fingerprint density at radius 2 is 1.76 bits per heavy atom. The summed E-state index contributed by atoms with van der Waals surface area (Å²) in [6.45, 7) is 1.75. The molecule has 5 heteroatoms. The summed E-state index contributed by atoms with van der Waals surface area (Å²) in [6, 6.07) is 19.1. The fourth-order valence-electron chi connectivity index (χ4n) is 3.80. The van der Waals surface area contributed by atoms with Crippen molar-refractivity contribution >= 4 is 17.4 Å². The highest BCUT2D eigenvalue weighted by molar-refractivity contribution is 6.07. The van der Waals surface area contributed by atoms with E-state index in [4.69, 9.17) is 4.42 Å². The van der Waals surface area contributed by atoms with Crippen molar-refractivity contribution < 1.29 is 14.0 Å². The molecule has 3 aromatic rings. The second-order valence-corrected chi connectivity index (χ2v) is 7.18. The number of rotatable bonds is 4. The standard InChI is InChI=1S/C24H20N2O3/c1-15-22-20(27)8-5-9-21(22)29-23(15)24(28)26-18-12-10-17(11-13-18)19(14-25)16-6-3-2-4-7-16/h2-4,6-7,10-13,19H,5,8-9H2,1H3,(H,26,28)/t19-/m0/s1. The molecular weight excluding hydrogens is 364 g/mol. The van der Waals surface area contributed by atoms with Gasteiger partial charge in [-0.05, 0) is 36.6 Å². The van der Waals surface area contributed by atoms with Crippen LogP contribution < -0.4 is 5.32 Å². The topological polar surface area (TPSA) is 83.1 Å². The predicted molar refractivity (Wildman–Crippen MR) is 109 cm³/mol. The number of furan rings is 1. The lowest BCUT2D eigenvalue weighted by Gasteiger charge is -2.11. The van der Waals surface area contributed by atoms with Crippen molar-refractivity contribution in [1.29, 1.82) is 5.26 Å². The molecular formula is C24H20N2O3. The van der Waals surface area contributed by atoms with E-state index < -0.39 is 0 Å². The molecule has 0 unspecified atom stereocenters. The van der Waals surface area contributed by atoms with Gasteiger partial charge >= 0.3 is 0 Å². The highest BCUT2D eigenvalue weighted by Crippen LogP contribution is 2.30. The summed E-state index contributed by atoms with van der Waals surface area (Å²) in [6.07, 6.45) is 1.93. The largest absolute Gasteiger partial charge is 0.455 e. The van der Waals surface area contributed by atoms with Crippen LogP contribution in [-0.2, 0) is 6.42 Å². The van der Waals surface area contributed by atoms with Gasteiger partial charge in [-0.2, -0.15) is 5.26 Å². The molecule has 0 saturated carbocycles. The number of Topliss-reactive ketones (excluding diaryl/α,β-unsaturated/α-hetero) is 1. The number of ketones is 1. The van der Waals surface area contributed by atoms with Gasteiger partial charge in [0.15, 0.2) is 11.5 Å². The second-order valence-electron chi connectivity index (χ2n) is 7.18. The van der Waals surface area contributed by atoms with E-state index in [0.29, 0.717) is 35.4 Å². The van der Waals surface area contributed by atoms with Gasteiger partial charge in [0.2, 0.25) is 0 Å². The highest BCUT2D eigenvalue weighted by Gasteiger charge is 2.28. The van der Waals surface area contributed by atoms with Gasteiger partial charge in [0.1, 0.15) is 5.76 Å². The minimum atomic E-state index is -0.377. The molecule has 1 heterocycles. The normalized spacial score (nSPS) is 14.0. The summed E-state index contributed by atoms with van der Waals surface area (Å²) in [7, 11) is 0. The molecule has 1 atom stereocenters. The van der Waals surface area contributed by atoms with Gasteiger partial charge in [-0.3, -0.25) is 9.59 Å². The van der Waals surface area contributed by atoms with Crippen LogP contribution in [0, 0.1) is 18.3 Å². The zero-order chi connectivity index (χ0) is 20.4. The Hall–Kier alpha value is -3.65. The summed E-state index contributed by atoms with van der Waals surface area (Å²) < 4.78 is 5.70. The van der Waals surface area contributed by atoms with E-state index in [9.17, 15) is 14.9 Å². The Balaban J connectivity index is 1.53. The fourth-order valence-corrected chi connectivity index (χ4v) is 3.80. The maximum atomic E-state index is 12.7. The van der Waals surface area contributed by atoms with E-state index in [0.717, 1.165) is 17.5 Å². The van der Waals surface area contributed by atoms with Crippen LogP contribution in [0.25, 0.3) is 0 Å². The van der Waals surface area contributed by atoms with Crippen LogP contribution in [0.5, 0.6) is 0 Å². The van der Waals surface area contributed by atoms with Crippen LogP contribution in [0.3, 0.4) is 0 Å². The first kappa shape index (κ1) is 18.7.